The molecule has 0 atom stereocenters. The number of nitro groups is 1. The Kier molecular flexibility index (Phi) is 7.61. The highest BCUT2D eigenvalue weighted by Crippen LogP contribution is 2.46. The average Bonchev–Trinajstić information content (AvgIpc) is 2.85. The van der Waals surface area contributed by atoms with Crippen LogP contribution in [0, 0.1) is 10.1 Å². The summed E-state index contributed by atoms with van der Waals surface area (Å²) in [7, 11) is 3.85. The largest absolute Gasteiger partial charge is 0.493 e. The monoisotopic (exact) mass is 475 g/mol. The number of methoxy groups -OCH3 is 3. The molecule has 0 saturated heterocycles. The second-order valence-electron chi connectivity index (χ2n) is 7.02. The first-order chi connectivity index (χ1) is 16.3. The number of hydrogen-bond donors (Lipinski definition) is 1. The standard InChI is InChI=1S/C22H25N3O9/c1-5-24(12-18(26)23-13-6-7-15-16(10-13)34-9-8-33-15)22(27)14-11-17(30-2)20(31-3)21(32-4)19(14)25(28)29/h6-7,10-11H,5,8-9,12H2,1-4H3,(H,23,26). The third kappa shape index (κ3) is 4.90. The van der Waals surface area contributed by atoms with Gasteiger partial charge < -0.3 is 33.9 Å². The maximum Gasteiger partial charge on any atom is 0.327 e. The number of likely N-dealkylation sites (N-methyl/N-ethyl adjacent to an activating group) is 1. The van der Waals surface area contributed by atoms with Crippen molar-refractivity contribution >= 4 is 23.2 Å². The molecule has 1 aliphatic rings. The van der Waals surface area contributed by atoms with Gasteiger partial charge in [0.15, 0.2) is 17.2 Å². The Balaban J connectivity index is 1.86. The van der Waals surface area contributed by atoms with Crippen LogP contribution in [-0.2, 0) is 4.79 Å². The van der Waals surface area contributed by atoms with Gasteiger partial charge in [0.1, 0.15) is 25.3 Å². The van der Waals surface area contributed by atoms with Crippen molar-refractivity contribution in [2.45, 2.75) is 6.92 Å². The molecule has 2 aromatic rings. The topological polar surface area (TPSA) is 139 Å². The number of rotatable bonds is 9. The highest BCUT2D eigenvalue weighted by atomic mass is 16.6. The third-order valence-electron chi connectivity index (χ3n) is 5.05. The molecule has 34 heavy (non-hydrogen) atoms. The van der Waals surface area contributed by atoms with E-state index in [1.54, 1.807) is 25.1 Å². The highest BCUT2D eigenvalue weighted by Gasteiger charge is 2.34. The molecule has 0 bridgehead atoms. The van der Waals surface area contributed by atoms with Crippen molar-refractivity contribution in [3.05, 3.63) is 39.9 Å². The zero-order valence-electron chi connectivity index (χ0n) is 19.2. The van der Waals surface area contributed by atoms with Crippen molar-refractivity contribution in [1.82, 2.24) is 4.90 Å². The average molecular weight is 475 g/mol. The summed E-state index contributed by atoms with van der Waals surface area (Å²) in [5.41, 5.74) is -0.430. The molecule has 3 rings (SSSR count). The van der Waals surface area contributed by atoms with Gasteiger partial charge in [0.25, 0.3) is 5.91 Å². The summed E-state index contributed by atoms with van der Waals surface area (Å²) in [4.78, 5) is 38.2. The van der Waals surface area contributed by atoms with E-state index in [2.05, 4.69) is 5.32 Å². The lowest BCUT2D eigenvalue weighted by molar-refractivity contribution is -0.386. The highest BCUT2D eigenvalue weighted by molar-refractivity contribution is 6.03. The number of anilines is 1. The Morgan fingerprint density at radius 2 is 1.74 bits per heavy atom. The number of nitrogens with one attached hydrogen (secondary N) is 1. The Labute approximate surface area is 195 Å². The van der Waals surface area contributed by atoms with Crippen molar-refractivity contribution < 1.29 is 38.2 Å². The predicted molar refractivity (Wildman–Crippen MR) is 120 cm³/mol. The molecular weight excluding hydrogens is 450 g/mol. The van der Waals surface area contributed by atoms with Crippen LogP contribution in [0.2, 0.25) is 0 Å². The van der Waals surface area contributed by atoms with E-state index in [-0.39, 0.29) is 35.9 Å². The van der Waals surface area contributed by atoms with Gasteiger partial charge in [-0.25, -0.2) is 0 Å². The molecule has 1 aliphatic heterocycles. The minimum absolute atomic E-state index is 0.0207. The van der Waals surface area contributed by atoms with Crippen molar-refractivity contribution in [2.24, 2.45) is 0 Å². The summed E-state index contributed by atoms with van der Waals surface area (Å²) in [6, 6.07) is 6.14. The number of nitro benzene ring substituents is 1. The minimum atomic E-state index is -0.745. The molecule has 0 fully saturated rings. The van der Waals surface area contributed by atoms with Crippen LogP contribution in [-0.4, -0.2) is 69.3 Å². The first-order valence-electron chi connectivity index (χ1n) is 10.3. The predicted octanol–water partition coefficient (Wildman–Crippen LogP) is 2.49. The Hall–Kier alpha value is -4.22. The normalized spacial score (nSPS) is 11.9. The fourth-order valence-corrected chi connectivity index (χ4v) is 3.48. The maximum atomic E-state index is 13.3. The van der Waals surface area contributed by atoms with E-state index in [4.69, 9.17) is 23.7 Å². The van der Waals surface area contributed by atoms with Gasteiger partial charge in [0, 0.05) is 24.4 Å². The van der Waals surface area contributed by atoms with Crippen molar-refractivity contribution in [3.63, 3.8) is 0 Å². The number of nitrogens with zero attached hydrogens (tertiary/aromatic N) is 2. The first-order valence-corrected chi connectivity index (χ1v) is 10.3. The molecular formula is C22H25N3O9. The number of benzene rings is 2. The second kappa shape index (κ2) is 10.6. The molecule has 0 aromatic heterocycles. The Morgan fingerprint density at radius 1 is 1.06 bits per heavy atom. The molecule has 1 heterocycles. The lowest BCUT2D eigenvalue weighted by Crippen LogP contribution is -2.38. The van der Waals surface area contributed by atoms with Gasteiger partial charge >= 0.3 is 5.69 Å². The zero-order valence-corrected chi connectivity index (χ0v) is 19.2. The van der Waals surface area contributed by atoms with Crippen LogP contribution in [0.4, 0.5) is 11.4 Å². The van der Waals surface area contributed by atoms with Crippen molar-refractivity contribution in [3.8, 4) is 28.7 Å². The lowest BCUT2D eigenvalue weighted by atomic mass is 10.1. The van der Waals surface area contributed by atoms with Crippen molar-refractivity contribution in [2.75, 3.05) is 52.9 Å². The second-order valence-corrected chi connectivity index (χ2v) is 7.02. The summed E-state index contributed by atoms with van der Waals surface area (Å²) in [6.07, 6.45) is 0. The number of fused-ring (bicyclic) bond motifs is 1. The molecule has 12 nitrogen and oxygen atoms in total. The number of carbonyl (C=O) groups is 2. The first kappa shape index (κ1) is 24.4. The molecule has 1 N–H and O–H groups in total. The summed E-state index contributed by atoms with van der Waals surface area (Å²) in [5.74, 6) is -0.373. The van der Waals surface area contributed by atoms with Gasteiger partial charge in [-0.15, -0.1) is 0 Å². The summed E-state index contributed by atoms with van der Waals surface area (Å²) >= 11 is 0. The molecule has 0 aliphatic carbocycles. The van der Waals surface area contributed by atoms with Gasteiger partial charge in [-0.1, -0.05) is 0 Å². The van der Waals surface area contributed by atoms with Crippen LogP contribution in [0.5, 0.6) is 28.7 Å². The molecule has 2 amide bonds. The lowest BCUT2D eigenvalue weighted by Gasteiger charge is -2.22. The van der Waals surface area contributed by atoms with E-state index in [0.29, 0.717) is 30.4 Å². The summed E-state index contributed by atoms with van der Waals surface area (Å²) in [5, 5.41) is 14.5. The summed E-state index contributed by atoms with van der Waals surface area (Å²) in [6.45, 7) is 2.26. The number of hydrogen-bond acceptors (Lipinski definition) is 9. The van der Waals surface area contributed by atoms with E-state index in [9.17, 15) is 19.7 Å². The number of carbonyl (C=O) groups excluding carboxylic acids is 2. The number of ether oxygens (including phenoxy) is 5. The van der Waals surface area contributed by atoms with Crippen LogP contribution in [0.1, 0.15) is 17.3 Å². The van der Waals surface area contributed by atoms with Crippen LogP contribution in [0.15, 0.2) is 24.3 Å². The maximum absolute atomic E-state index is 13.3. The SMILES string of the molecule is CCN(CC(=O)Nc1ccc2c(c1)OCCO2)C(=O)c1cc(OC)c(OC)c(OC)c1[N+](=O)[O-]. The van der Waals surface area contributed by atoms with Gasteiger partial charge in [-0.2, -0.15) is 0 Å². The van der Waals surface area contributed by atoms with Gasteiger partial charge in [-0.3, -0.25) is 19.7 Å². The van der Waals surface area contributed by atoms with Crippen LogP contribution in [0.3, 0.4) is 0 Å². The van der Waals surface area contributed by atoms with E-state index in [1.807, 2.05) is 0 Å². The molecule has 0 saturated carbocycles. The quantitative estimate of drug-likeness (QED) is 0.428. The Morgan fingerprint density at radius 3 is 2.32 bits per heavy atom. The van der Waals surface area contributed by atoms with Crippen LogP contribution < -0.4 is 29.0 Å². The molecule has 2 aromatic carbocycles. The van der Waals surface area contributed by atoms with Gasteiger partial charge in [-0.05, 0) is 19.1 Å². The van der Waals surface area contributed by atoms with Crippen LogP contribution >= 0.6 is 0 Å². The molecule has 0 unspecified atom stereocenters. The van der Waals surface area contributed by atoms with Gasteiger partial charge in [0.2, 0.25) is 17.4 Å². The molecule has 182 valence electrons. The van der Waals surface area contributed by atoms with Crippen molar-refractivity contribution in [1.29, 1.82) is 0 Å². The fraction of sp³-hybridized carbons (Fsp3) is 0.364. The minimum Gasteiger partial charge on any atom is -0.493 e. The zero-order chi connectivity index (χ0) is 24.8. The van der Waals surface area contributed by atoms with E-state index >= 15 is 0 Å². The molecule has 0 radical (unpaired) electrons. The van der Waals surface area contributed by atoms with Gasteiger partial charge in [0.05, 0.1) is 26.3 Å². The van der Waals surface area contributed by atoms with E-state index in [1.165, 1.54) is 32.3 Å². The smallest absolute Gasteiger partial charge is 0.327 e. The molecule has 0 spiro atoms. The molecule has 12 heteroatoms. The third-order valence-corrected chi connectivity index (χ3v) is 5.05. The van der Waals surface area contributed by atoms with Crippen LogP contribution in [0.25, 0.3) is 0 Å². The van der Waals surface area contributed by atoms with E-state index in [0.717, 1.165) is 0 Å². The summed E-state index contributed by atoms with van der Waals surface area (Å²) < 4.78 is 26.5. The fourth-order valence-electron chi connectivity index (χ4n) is 3.48. The Bertz CT molecular complexity index is 1100. The van der Waals surface area contributed by atoms with E-state index < -0.39 is 22.4 Å². The number of amides is 2.